The highest BCUT2D eigenvalue weighted by molar-refractivity contribution is 5.61. The molecule has 1 aliphatic rings. The summed E-state index contributed by atoms with van der Waals surface area (Å²) in [5.74, 6) is -0.118. The number of ether oxygens (including phenoxy) is 1. The Bertz CT molecular complexity index is 1250. The Morgan fingerprint density at radius 1 is 1.12 bits per heavy atom. The molecule has 0 spiro atoms. The Balaban J connectivity index is 1.43. The predicted molar refractivity (Wildman–Crippen MR) is 121 cm³/mol. The summed E-state index contributed by atoms with van der Waals surface area (Å²) in [4.78, 5) is 6.89. The molecule has 7 nitrogen and oxygen atoms in total. The molecule has 1 fully saturated rings. The van der Waals surface area contributed by atoms with E-state index in [-0.39, 0.29) is 6.04 Å². The molecule has 4 heterocycles. The number of hydrogen-bond donors (Lipinski definition) is 0. The van der Waals surface area contributed by atoms with Gasteiger partial charge in [-0.3, -0.25) is 0 Å². The molecular formula is C24H26F2N6O. The number of methoxy groups -OCH3 is 1. The zero-order valence-electron chi connectivity index (χ0n) is 18.5. The van der Waals surface area contributed by atoms with Crippen molar-refractivity contribution in [3.8, 4) is 5.69 Å². The molecule has 0 amide bonds. The first kappa shape index (κ1) is 21.5. The third kappa shape index (κ3) is 4.32. The highest BCUT2D eigenvalue weighted by atomic mass is 19.1. The van der Waals surface area contributed by atoms with Crippen LogP contribution in [0.25, 0.3) is 11.3 Å². The number of anilines is 1. The molecule has 9 heteroatoms. The van der Waals surface area contributed by atoms with Gasteiger partial charge < -0.3 is 9.64 Å². The van der Waals surface area contributed by atoms with E-state index >= 15 is 0 Å². The van der Waals surface area contributed by atoms with E-state index in [1.807, 2.05) is 29.6 Å². The lowest BCUT2D eigenvalue weighted by Crippen LogP contribution is -2.24. The van der Waals surface area contributed by atoms with Crippen molar-refractivity contribution < 1.29 is 13.5 Å². The van der Waals surface area contributed by atoms with Crippen LogP contribution >= 0.6 is 0 Å². The molecule has 1 saturated heterocycles. The van der Waals surface area contributed by atoms with Gasteiger partial charge >= 0.3 is 0 Å². The SMILES string of the molecule is COCCCCc1cnn(-c2cnn3ccc(N4CCCC4c4cc(F)ccc4F)nc23)c1. The van der Waals surface area contributed by atoms with Crippen molar-refractivity contribution in [2.24, 2.45) is 0 Å². The van der Waals surface area contributed by atoms with Gasteiger partial charge in [-0.15, -0.1) is 0 Å². The minimum Gasteiger partial charge on any atom is -0.385 e. The third-order valence-electron chi connectivity index (χ3n) is 6.15. The number of unbranched alkanes of at least 4 members (excludes halogenated alkanes) is 1. The molecular weight excluding hydrogens is 426 g/mol. The van der Waals surface area contributed by atoms with E-state index in [0.717, 1.165) is 62.6 Å². The number of benzene rings is 1. The molecule has 33 heavy (non-hydrogen) atoms. The second kappa shape index (κ2) is 9.27. The molecule has 0 saturated carbocycles. The maximum absolute atomic E-state index is 14.5. The minimum absolute atomic E-state index is 0.259. The van der Waals surface area contributed by atoms with Gasteiger partial charge in [-0.1, -0.05) is 0 Å². The Hall–Kier alpha value is -3.33. The maximum atomic E-state index is 14.5. The van der Waals surface area contributed by atoms with Crippen molar-refractivity contribution >= 4 is 11.5 Å². The Labute approximate surface area is 190 Å². The second-order valence-corrected chi connectivity index (χ2v) is 8.34. The largest absolute Gasteiger partial charge is 0.385 e. The zero-order chi connectivity index (χ0) is 22.8. The first-order valence-electron chi connectivity index (χ1n) is 11.2. The number of rotatable bonds is 8. The van der Waals surface area contributed by atoms with E-state index in [1.54, 1.807) is 22.5 Å². The van der Waals surface area contributed by atoms with Crippen molar-refractivity contribution in [2.45, 2.75) is 38.1 Å². The normalized spacial score (nSPS) is 16.2. The molecule has 1 aromatic carbocycles. The summed E-state index contributed by atoms with van der Waals surface area (Å²) in [6, 6.07) is 5.24. The minimum atomic E-state index is -0.434. The fourth-order valence-electron chi connectivity index (χ4n) is 4.50. The lowest BCUT2D eigenvalue weighted by molar-refractivity contribution is 0.193. The van der Waals surface area contributed by atoms with Crippen molar-refractivity contribution in [1.82, 2.24) is 24.4 Å². The van der Waals surface area contributed by atoms with E-state index in [2.05, 4.69) is 10.2 Å². The van der Waals surface area contributed by atoms with Crippen LogP contribution in [0.15, 0.2) is 49.1 Å². The number of aryl methyl sites for hydroxylation is 1. The molecule has 1 aliphatic heterocycles. The van der Waals surface area contributed by atoms with Gasteiger partial charge in [-0.2, -0.15) is 10.2 Å². The van der Waals surface area contributed by atoms with Crippen LogP contribution in [0.1, 0.15) is 42.9 Å². The van der Waals surface area contributed by atoms with Gasteiger partial charge in [0.05, 0.1) is 18.4 Å². The molecule has 0 radical (unpaired) electrons. The average Bonchev–Trinajstić information content (AvgIpc) is 3.57. The smallest absolute Gasteiger partial charge is 0.183 e. The van der Waals surface area contributed by atoms with Crippen molar-refractivity contribution in [3.63, 3.8) is 0 Å². The van der Waals surface area contributed by atoms with E-state index in [9.17, 15) is 8.78 Å². The first-order chi connectivity index (χ1) is 16.1. The molecule has 5 rings (SSSR count). The van der Waals surface area contributed by atoms with E-state index in [0.29, 0.717) is 17.0 Å². The van der Waals surface area contributed by atoms with Gasteiger partial charge in [0.2, 0.25) is 0 Å². The fourth-order valence-corrected chi connectivity index (χ4v) is 4.50. The van der Waals surface area contributed by atoms with Gasteiger partial charge in [-0.25, -0.2) is 23.0 Å². The lowest BCUT2D eigenvalue weighted by Gasteiger charge is -2.26. The number of halogens is 2. The van der Waals surface area contributed by atoms with Crippen LogP contribution in [0.4, 0.5) is 14.6 Å². The van der Waals surface area contributed by atoms with Crippen LogP contribution in [0, 0.1) is 11.6 Å². The Morgan fingerprint density at radius 3 is 2.91 bits per heavy atom. The molecule has 0 bridgehead atoms. The summed E-state index contributed by atoms with van der Waals surface area (Å²) >= 11 is 0. The van der Waals surface area contributed by atoms with Crippen molar-refractivity contribution in [3.05, 3.63) is 71.8 Å². The van der Waals surface area contributed by atoms with Gasteiger partial charge in [0.15, 0.2) is 5.65 Å². The van der Waals surface area contributed by atoms with Crippen LogP contribution in [-0.2, 0) is 11.2 Å². The van der Waals surface area contributed by atoms with Crippen LogP contribution in [0.2, 0.25) is 0 Å². The number of nitrogens with zero attached hydrogens (tertiary/aromatic N) is 6. The highest BCUT2D eigenvalue weighted by Gasteiger charge is 2.30. The van der Waals surface area contributed by atoms with Crippen LogP contribution in [0.3, 0.4) is 0 Å². The monoisotopic (exact) mass is 452 g/mol. The van der Waals surface area contributed by atoms with Crippen molar-refractivity contribution in [2.75, 3.05) is 25.2 Å². The standard InChI is InChI=1S/C24H26F2N6O/c1-33-12-3-2-5-17-14-27-32(16-17)22-15-28-31-11-9-23(29-24(22)31)30-10-4-6-21(30)19-13-18(25)7-8-20(19)26/h7-9,11,13-16,21H,2-6,10,12H2,1H3. The van der Waals surface area contributed by atoms with Crippen molar-refractivity contribution in [1.29, 1.82) is 0 Å². The van der Waals surface area contributed by atoms with Crippen LogP contribution in [-0.4, -0.2) is 44.6 Å². The molecule has 0 aliphatic carbocycles. The topological polar surface area (TPSA) is 60.5 Å². The highest BCUT2D eigenvalue weighted by Crippen LogP contribution is 2.37. The lowest BCUT2D eigenvalue weighted by atomic mass is 10.0. The van der Waals surface area contributed by atoms with E-state index < -0.39 is 11.6 Å². The molecule has 1 unspecified atom stereocenters. The van der Waals surface area contributed by atoms with Gasteiger partial charge in [-0.05, 0) is 61.9 Å². The Morgan fingerprint density at radius 2 is 2.03 bits per heavy atom. The summed E-state index contributed by atoms with van der Waals surface area (Å²) in [6.07, 6.45) is 12.0. The molecule has 0 N–H and O–H groups in total. The second-order valence-electron chi connectivity index (χ2n) is 8.34. The summed E-state index contributed by atoms with van der Waals surface area (Å²) in [6.45, 7) is 1.48. The van der Waals surface area contributed by atoms with Gasteiger partial charge in [0.1, 0.15) is 23.1 Å². The summed E-state index contributed by atoms with van der Waals surface area (Å²) in [5.41, 5.74) is 2.94. The molecule has 4 aromatic rings. The average molecular weight is 453 g/mol. The van der Waals surface area contributed by atoms with Gasteiger partial charge in [0, 0.05) is 38.2 Å². The molecule has 1 atom stereocenters. The van der Waals surface area contributed by atoms with E-state index in [1.165, 1.54) is 12.1 Å². The van der Waals surface area contributed by atoms with Gasteiger partial charge in [0.25, 0.3) is 0 Å². The zero-order valence-corrected chi connectivity index (χ0v) is 18.5. The number of fused-ring (bicyclic) bond motifs is 1. The van der Waals surface area contributed by atoms with E-state index in [4.69, 9.17) is 9.72 Å². The summed E-state index contributed by atoms with van der Waals surface area (Å²) in [7, 11) is 1.71. The Kier molecular flexibility index (Phi) is 6.04. The third-order valence-corrected chi connectivity index (χ3v) is 6.15. The summed E-state index contributed by atoms with van der Waals surface area (Å²) in [5, 5.41) is 8.92. The predicted octanol–water partition coefficient (Wildman–Crippen LogP) is 4.50. The quantitative estimate of drug-likeness (QED) is 0.368. The summed E-state index contributed by atoms with van der Waals surface area (Å²) < 4.78 is 36.9. The number of hydrogen-bond acceptors (Lipinski definition) is 5. The van der Waals surface area contributed by atoms with Crippen LogP contribution in [0.5, 0.6) is 0 Å². The van der Waals surface area contributed by atoms with Crippen LogP contribution < -0.4 is 4.90 Å². The molecule has 3 aromatic heterocycles. The fraction of sp³-hybridized carbons (Fsp3) is 0.375. The molecule has 172 valence electrons. The maximum Gasteiger partial charge on any atom is 0.183 e. The number of aromatic nitrogens is 5. The first-order valence-corrected chi connectivity index (χ1v) is 11.2.